The fourth-order valence-electron chi connectivity index (χ4n) is 1.99. The fourth-order valence-corrected chi connectivity index (χ4v) is 1.99. The van der Waals surface area contributed by atoms with Gasteiger partial charge in [-0.3, -0.25) is 4.79 Å². The third kappa shape index (κ3) is 4.27. The lowest BCUT2D eigenvalue weighted by molar-refractivity contribution is -0.138. The second-order valence-corrected chi connectivity index (χ2v) is 4.09. The zero-order valence-corrected chi connectivity index (χ0v) is 8.25. The lowest BCUT2D eigenvalue weighted by atomic mass is 9.93. The summed E-state index contributed by atoms with van der Waals surface area (Å²) in [5.41, 5.74) is 0. The number of carboxylic acids is 1. The van der Waals surface area contributed by atoms with E-state index in [4.69, 9.17) is 5.11 Å². The van der Waals surface area contributed by atoms with E-state index in [-0.39, 0.29) is 0 Å². The second-order valence-electron chi connectivity index (χ2n) is 4.09. The number of piperidine rings is 1. The smallest absolute Gasteiger partial charge is 0.303 e. The molecule has 0 amide bonds. The molecule has 2 unspecified atom stereocenters. The molecule has 0 radical (unpaired) electrons. The van der Waals surface area contributed by atoms with Crippen LogP contribution in [0.3, 0.4) is 0 Å². The molecule has 1 fully saturated rings. The van der Waals surface area contributed by atoms with Gasteiger partial charge in [0, 0.05) is 12.5 Å². The van der Waals surface area contributed by atoms with Gasteiger partial charge in [-0.15, -0.1) is 0 Å². The van der Waals surface area contributed by atoms with E-state index in [1.807, 2.05) is 6.92 Å². The standard InChI is InChI=1S/C10H19NO2/c1-8(7-10(12)13)6-9-4-2-3-5-11-9/h8-9,11H,2-7H2,1H3,(H,12,13). The molecule has 1 aliphatic rings. The molecular formula is C10H19NO2. The third-order valence-corrected chi connectivity index (χ3v) is 2.62. The van der Waals surface area contributed by atoms with Gasteiger partial charge in [0.2, 0.25) is 0 Å². The van der Waals surface area contributed by atoms with Crippen LogP contribution >= 0.6 is 0 Å². The van der Waals surface area contributed by atoms with Gasteiger partial charge in [0.15, 0.2) is 0 Å². The van der Waals surface area contributed by atoms with Crippen molar-refractivity contribution in [3.8, 4) is 0 Å². The highest BCUT2D eigenvalue weighted by Crippen LogP contribution is 2.17. The Balaban J connectivity index is 2.18. The average molecular weight is 185 g/mol. The van der Waals surface area contributed by atoms with Crippen molar-refractivity contribution in [3.05, 3.63) is 0 Å². The Morgan fingerprint density at radius 2 is 2.38 bits per heavy atom. The summed E-state index contributed by atoms with van der Waals surface area (Å²) in [6, 6.07) is 0.558. The van der Waals surface area contributed by atoms with Crippen LogP contribution in [0.25, 0.3) is 0 Å². The first-order valence-electron chi connectivity index (χ1n) is 5.13. The largest absolute Gasteiger partial charge is 0.481 e. The first kappa shape index (κ1) is 10.5. The summed E-state index contributed by atoms with van der Waals surface area (Å²) < 4.78 is 0. The Kier molecular flexibility index (Phi) is 4.22. The van der Waals surface area contributed by atoms with E-state index in [9.17, 15) is 4.79 Å². The summed E-state index contributed by atoms with van der Waals surface area (Å²) >= 11 is 0. The maximum atomic E-state index is 10.4. The number of hydrogen-bond donors (Lipinski definition) is 2. The van der Waals surface area contributed by atoms with Crippen molar-refractivity contribution in [2.24, 2.45) is 5.92 Å². The number of aliphatic carboxylic acids is 1. The van der Waals surface area contributed by atoms with Gasteiger partial charge in [0.1, 0.15) is 0 Å². The topological polar surface area (TPSA) is 49.3 Å². The molecule has 2 atom stereocenters. The zero-order chi connectivity index (χ0) is 9.68. The molecule has 1 saturated heterocycles. The minimum Gasteiger partial charge on any atom is -0.481 e. The van der Waals surface area contributed by atoms with Crippen molar-refractivity contribution < 1.29 is 9.90 Å². The van der Waals surface area contributed by atoms with Gasteiger partial charge < -0.3 is 10.4 Å². The third-order valence-electron chi connectivity index (χ3n) is 2.62. The predicted octanol–water partition coefficient (Wildman–Crippen LogP) is 1.63. The number of carboxylic acid groups (broad SMARTS) is 1. The van der Waals surface area contributed by atoms with Gasteiger partial charge in [0.25, 0.3) is 0 Å². The van der Waals surface area contributed by atoms with Crippen LogP contribution in [0.4, 0.5) is 0 Å². The molecular weight excluding hydrogens is 166 g/mol. The molecule has 0 aromatic heterocycles. The average Bonchev–Trinajstić information content (AvgIpc) is 2.04. The molecule has 2 N–H and O–H groups in total. The van der Waals surface area contributed by atoms with Gasteiger partial charge in [-0.1, -0.05) is 13.3 Å². The number of hydrogen-bond acceptors (Lipinski definition) is 2. The first-order valence-corrected chi connectivity index (χ1v) is 5.13. The highest BCUT2D eigenvalue weighted by atomic mass is 16.4. The summed E-state index contributed by atoms with van der Waals surface area (Å²) in [4.78, 5) is 10.4. The first-order chi connectivity index (χ1) is 6.18. The van der Waals surface area contributed by atoms with Crippen LogP contribution in [0.1, 0.15) is 39.0 Å². The van der Waals surface area contributed by atoms with Gasteiger partial charge in [-0.2, -0.15) is 0 Å². The summed E-state index contributed by atoms with van der Waals surface area (Å²) in [5.74, 6) is -0.378. The lowest BCUT2D eigenvalue weighted by Gasteiger charge is -2.25. The van der Waals surface area contributed by atoms with Crippen LogP contribution < -0.4 is 5.32 Å². The molecule has 1 heterocycles. The Bertz CT molecular complexity index is 164. The van der Waals surface area contributed by atoms with Crippen LogP contribution in [0.5, 0.6) is 0 Å². The summed E-state index contributed by atoms with van der Waals surface area (Å²) in [5, 5.41) is 12.0. The van der Waals surface area contributed by atoms with Crippen LogP contribution in [0.2, 0.25) is 0 Å². The highest BCUT2D eigenvalue weighted by Gasteiger charge is 2.17. The van der Waals surface area contributed by atoms with Gasteiger partial charge in [-0.05, 0) is 31.7 Å². The molecule has 0 bridgehead atoms. The molecule has 1 aliphatic heterocycles. The summed E-state index contributed by atoms with van der Waals surface area (Å²) in [6.45, 7) is 3.12. The van der Waals surface area contributed by atoms with Crippen LogP contribution in [-0.4, -0.2) is 23.7 Å². The van der Waals surface area contributed by atoms with E-state index >= 15 is 0 Å². The van der Waals surface area contributed by atoms with Crippen molar-refractivity contribution in [2.75, 3.05) is 6.54 Å². The minimum absolute atomic E-state index is 0.299. The maximum Gasteiger partial charge on any atom is 0.303 e. The van der Waals surface area contributed by atoms with Gasteiger partial charge in [-0.25, -0.2) is 0 Å². The van der Waals surface area contributed by atoms with E-state index in [1.54, 1.807) is 0 Å². The van der Waals surface area contributed by atoms with Crippen LogP contribution in [-0.2, 0) is 4.79 Å². The molecule has 0 spiro atoms. The number of carbonyl (C=O) groups is 1. The summed E-state index contributed by atoms with van der Waals surface area (Å²) in [6.07, 6.45) is 5.08. The lowest BCUT2D eigenvalue weighted by Crippen LogP contribution is -2.35. The van der Waals surface area contributed by atoms with Crippen LogP contribution in [0, 0.1) is 5.92 Å². The SMILES string of the molecule is CC(CC(=O)O)CC1CCCCN1. The molecule has 0 aromatic carbocycles. The monoisotopic (exact) mass is 185 g/mol. The van der Waals surface area contributed by atoms with E-state index < -0.39 is 5.97 Å². The molecule has 1 rings (SSSR count). The Labute approximate surface area is 79.5 Å². The Hall–Kier alpha value is -0.570. The molecule has 0 saturated carbocycles. The normalized spacial score (nSPS) is 25.5. The maximum absolute atomic E-state index is 10.4. The van der Waals surface area contributed by atoms with Crippen molar-refractivity contribution in [1.29, 1.82) is 0 Å². The molecule has 0 aromatic rings. The molecule has 76 valence electrons. The second kappa shape index (κ2) is 5.22. The summed E-state index contributed by atoms with van der Waals surface area (Å²) in [7, 11) is 0. The Morgan fingerprint density at radius 3 is 2.92 bits per heavy atom. The molecule has 3 heteroatoms. The van der Waals surface area contributed by atoms with Crippen molar-refractivity contribution >= 4 is 5.97 Å². The van der Waals surface area contributed by atoms with Gasteiger partial charge >= 0.3 is 5.97 Å². The van der Waals surface area contributed by atoms with Crippen LogP contribution in [0.15, 0.2) is 0 Å². The minimum atomic E-state index is -0.677. The van der Waals surface area contributed by atoms with E-state index in [0.29, 0.717) is 18.4 Å². The molecule has 3 nitrogen and oxygen atoms in total. The molecule has 13 heavy (non-hydrogen) atoms. The Morgan fingerprint density at radius 1 is 1.62 bits per heavy atom. The predicted molar refractivity (Wildman–Crippen MR) is 51.7 cm³/mol. The van der Waals surface area contributed by atoms with E-state index in [0.717, 1.165) is 13.0 Å². The number of rotatable bonds is 4. The quantitative estimate of drug-likeness (QED) is 0.700. The van der Waals surface area contributed by atoms with Crippen molar-refractivity contribution in [1.82, 2.24) is 5.32 Å². The zero-order valence-electron chi connectivity index (χ0n) is 8.25. The van der Waals surface area contributed by atoms with Crippen molar-refractivity contribution in [2.45, 2.75) is 45.1 Å². The fraction of sp³-hybridized carbons (Fsp3) is 0.900. The highest BCUT2D eigenvalue weighted by molar-refractivity contribution is 5.66. The molecule has 0 aliphatic carbocycles. The van der Waals surface area contributed by atoms with Crippen molar-refractivity contribution in [3.63, 3.8) is 0 Å². The number of nitrogens with one attached hydrogen (secondary N) is 1. The van der Waals surface area contributed by atoms with Gasteiger partial charge in [0.05, 0.1) is 0 Å². The van der Waals surface area contributed by atoms with E-state index in [2.05, 4.69) is 5.32 Å². The van der Waals surface area contributed by atoms with E-state index in [1.165, 1.54) is 19.3 Å².